The maximum absolute atomic E-state index is 12.4. The number of carbonyl (C=O) groups excluding carboxylic acids is 1. The fourth-order valence-corrected chi connectivity index (χ4v) is 3.11. The van der Waals surface area contributed by atoms with E-state index in [4.69, 9.17) is 20.9 Å². The SMILES string of the molecule is COc1cc(Nc2nn3c(NCC(C)(C)N)cc(C(C)C)nc3c2C(N)=O)cc(OC)c1. The minimum Gasteiger partial charge on any atom is -0.497 e. The molecule has 1 aromatic carbocycles. The van der Waals surface area contributed by atoms with Gasteiger partial charge >= 0.3 is 0 Å². The Labute approximate surface area is 187 Å². The summed E-state index contributed by atoms with van der Waals surface area (Å²) in [4.78, 5) is 17.1. The monoisotopic (exact) mass is 441 g/mol. The highest BCUT2D eigenvalue weighted by atomic mass is 16.5. The number of ether oxygens (including phenoxy) is 2. The number of amides is 1. The Bertz CT molecular complexity index is 1110. The lowest BCUT2D eigenvalue weighted by molar-refractivity contribution is 0.100. The van der Waals surface area contributed by atoms with Gasteiger partial charge in [-0.15, -0.1) is 5.10 Å². The molecule has 32 heavy (non-hydrogen) atoms. The van der Waals surface area contributed by atoms with E-state index in [0.717, 1.165) is 5.69 Å². The minimum absolute atomic E-state index is 0.126. The molecule has 10 nitrogen and oxygen atoms in total. The topological polar surface area (TPSA) is 142 Å². The van der Waals surface area contributed by atoms with Crippen molar-refractivity contribution in [2.45, 2.75) is 39.2 Å². The number of aromatic nitrogens is 3. The number of carbonyl (C=O) groups is 1. The van der Waals surface area contributed by atoms with Gasteiger partial charge in [-0.3, -0.25) is 4.79 Å². The number of hydrogen-bond acceptors (Lipinski definition) is 8. The predicted octanol–water partition coefficient (Wildman–Crippen LogP) is 2.86. The quantitative estimate of drug-likeness (QED) is 0.397. The minimum atomic E-state index is -0.643. The second-order valence-electron chi connectivity index (χ2n) is 8.61. The number of anilines is 3. The second-order valence-corrected chi connectivity index (χ2v) is 8.61. The molecule has 3 rings (SSSR count). The van der Waals surface area contributed by atoms with E-state index in [1.165, 1.54) is 0 Å². The Balaban J connectivity index is 2.17. The number of rotatable bonds is 9. The highest BCUT2D eigenvalue weighted by Gasteiger charge is 2.23. The summed E-state index contributed by atoms with van der Waals surface area (Å²) in [6.07, 6.45) is 0. The Hall–Kier alpha value is -3.53. The molecule has 0 unspecified atom stereocenters. The normalized spacial score (nSPS) is 11.6. The van der Waals surface area contributed by atoms with E-state index < -0.39 is 11.4 Å². The highest BCUT2D eigenvalue weighted by Crippen LogP contribution is 2.31. The van der Waals surface area contributed by atoms with Gasteiger partial charge in [-0.1, -0.05) is 13.8 Å². The first kappa shape index (κ1) is 23.1. The van der Waals surface area contributed by atoms with Crippen molar-refractivity contribution in [3.8, 4) is 11.5 Å². The molecule has 0 saturated heterocycles. The number of nitrogens with two attached hydrogens (primary N) is 2. The van der Waals surface area contributed by atoms with Crippen molar-refractivity contribution in [3.05, 3.63) is 35.5 Å². The summed E-state index contributed by atoms with van der Waals surface area (Å²) in [5, 5.41) is 11.1. The van der Waals surface area contributed by atoms with Gasteiger partial charge in [-0.05, 0) is 19.8 Å². The van der Waals surface area contributed by atoms with Crippen molar-refractivity contribution in [1.29, 1.82) is 0 Å². The van der Waals surface area contributed by atoms with Crippen LogP contribution in [0.1, 0.15) is 49.7 Å². The Morgan fingerprint density at radius 2 is 1.78 bits per heavy atom. The number of hydrogen-bond donors (Lipinski definition) is 4. The Kier molecular flexibility index (Phi) is 6.45. The molecule has 2 aromatic heterocycles. The number of nitrogens with zero attached hydrogens (tertiary/aromatic N) is 3. The van der Waals surface area contributed by atoms with Gasteiger partial charge in [0, 0.05) is 47.7 Å². The van der Waals surface area contributed by atoms with Crippen LogP contribution in [0.15, 0.2) is 24.3 Å². The third-order valence-electron chi connectivity index (χ3n) is 4.79. The summed E-state index contributed by atoms with van der Waals surface area (Å²) in [6.45, 7) is 8.38. The Morgan fingerprint density at radius 1 is 1.16 bits per heavy atom. The Morgan fingerprint density at radius 3 is 2.28 bits per heavy atom. The predicted molar refractivity (Wildman–Crippen MR) is 125 cm³/mol. The zero-order chi connectivity index (χ0) is 23.6. The van der Waals surface area contributed by atoms with E-state index in [1.807, 2.05) is 33.8 Å². The first-order valence-corrected chi connectivity index (χ1v) is 10.3. The maximum atomic E-state index is 12.4. The highest BCUT2D eigenvalue weighted by molar-refractivity contribution is 6.04. The van der Waals surface area contributed by atoms with Gasteiger partial charge in [0.15, 0.2) is 11.5 Å². The third kappa shape index (κ3) is 5.02. The van der Waals surface area contributed by atoms with E-state index >= 15 is 0 Å². The van der Waals surface area contributed by atoms with Gasteiger partial charge in [0.05, 0.1) is 14.2 Å². The molecule has 2 heterocycles. The number of nitrogens with one attached hydrogen (secondary N) is 2. The van der Waals surface area contributed by atoms with Crippen LogP contribution >= 0.6 is 0 Å². The first-order valence-electron chi connectivity index (χ1n) is 10.3. The zero-order valence-corrected chi connectivity index (χ0v) is 19.3. The van der Waals surface area contributed by atoms with Crippen LogP contribution in [-0.2, 0) is 0 Å². The largest absolute Gasteiger partial charge is 0.497 e. The van der Waals surface area contributed by atoms with Gasteiger partial charge in [0.25, 0.3) is 5.91 Å². The summed E-state index contributed by atoms with van der Waals surface area (Å²) in [7, 11) is 3.12. The number of benzene rings is 1. The first-order chi connectivity index (χ1) is 15.0. The van der Waals surface area contributed by atoms with Gasteiger partial charge in [0.2, 0.25) is 0 Å². The molecular weight excluding hydrogens is 410 g/mol. The van der Waals surface area contributed by atoms with Crippen molar-refractivity contribution in [2.24, 2.45) is 11.5 Å². The number of fused-ring (bicyclic) bond motifs is 1. The standard InChI is InChI=1S/C22H31N7O3/c1-12(2)16-10-17(25-11-22(3,4)24)29-21(27-16)18(19(23)30)20(28-29)26-13-7-14(31-5)9-15(8-13)32-6/h7-10,12,25H,11,24H2,1-6H3,(H2,23,30)(H,26,28). The third-order valence-corrected chi connectivity index (χ3v) is 4.79. The molecule has 1 amide bonds. The summed E-state index contributed by atoms with van der Waals surface area (Å²) in [5.41, 5.74) is 13.4. The molecular formula is C22H31N7O3. The van der Waals surface area contributed by atoms with Gasteiger partial charge in [0.1, 0.15) is 22.9 Å². The van der Waals surface area contributed by atoms with Crippen molar-refractivity contribution >= 4 is 28.9 Å². The lowest BCUT2D eigenvalue weighted by atomic mass is 10.1. The van der Waals surface area contributed by atoms with Crippen LogP contribution in [0.4, 0.5) is 17.3 Å². The van der Waals surface area contributed by atoms with Crippen molar-refractivity contribution < 1.29 is 14.3 Å². The number of methoxy groups -OCH3 is 2. The van der Waals surface area contributed by atoms with Crippen molar-refractivity contribution in [3.63, 3.8) is 0 Å². The fourth-order valence-electron chi connectivity index (χ4n) is 3.11. The van der Waals surface area contributed by atoms with Crippen molar-refractivity contribution in [2.75, 3.05) is 31.4 Å². The van der Waals surface area contributed by atoms with Crippen LogP contribution in [0.2, 0.25) is 0 Å². The average Bonchev–Trinajstić information content (AvgIpc) is 3.08. The van der Waals surface area contributed by atoms with Gasteiger partial charge in [-0.25, -0.2) is 4.98 Å². The molecule has 3 aromatic rings. The molecule has 6 N–H and O–H groups in total. The van der Waals surface area contributed by atoms with Gasteiger partial charge < -0.3 is 31.6 Å². The molecule has 0 bridgehead atoms. The molecule has 0 aliphatic carbocycles. The van der Waals surface area contributed by atoms with Crippen LogP contribution in [0.25, 0.3) is 5.65 Å². The summed E-state index contributed by atoms with van der Waals surface area (Å²) < 4.78 is 12.2. The van der Waals surface area contributed by atoms with E-state index in [1.54, 1.807) is 36.9 Å². The summed E-state index contributed by atoms with van der Waals surface area (Å²) >= 11 is 0. The van der Waals surface area contributed by atoms with Crippen LogP contribution in [-0.4, -0.2) is 46.8 Å². The molecule has 0 aliphatic heterocycles. The lowest BCUT2D eigenvalue weighted by Crippen LogP contribution is -2.40. The van der Waals surface area contributed by atoms with E-state index in [0.29, 0.717) is 35.2 Å². The van der Waals surface area contributed by atoms with Crippen LogP contribution in [0.5, 0.6) is 11.5 Å². The molecule has 10 heteroatoms. The van der Waals surface area contributed by atoms with E-state index in [-0.39, 0.29) is 17.3 Å². The summed E-state index contributed by atoms with van der Waals surface area (Å²) in [6, 6.07) is 7.18. The summed E-state index contributed by atoms with van der Waals surface area (Å²) in [5.74, 6) is 1.59. The van der Waals surface area contributed by atoms with E-state index in [2.05, 4.69) is 20.7 Å². The van der Waals surface area contributed by atoms with E-state index in [9.17, 15) is 4.79 Å². The van der Waals surface area contributed by atoms with Crippen LogP contribution < -0.4 is 31.6 Å². The van der Waals surface area contributed by atoms with Crippen LogP contribution in [0.3, 0.4) is 0 Å². The molecule has 0 saturated carbocycles. The van der Waals surface area contributed by atoms with Gasteiger partial charge in [-0.2, -0.15) is 4.52 Å². The fraction of sp³-hybridized carbons (Fsp3) is 0.409. The molecule has 0 atom stereocenters. The zero-order valence-electron chi connectivity index (χ0n) is 19.3. The van der Waals surface area contributed by atoms with Crippen LogP contribution in [0, 0.1) is 0 Å². The average molecular weight is 442 g/mol. The maximum Gasteiger partial charge on any atom is 0.256 e. The number of primary amides is 1. The molecule has 0 spiro atoms. The molecule has 172 valence electrons. The van der Waals surface area contributed by atoms with Crippen molar-refractivity contribution in [1.82, 2.24) is 14.6 Å². The molecule has 0 fully saturated rings. The molecule has 0 radical (unpaired) electrons. The smallest absolute Gasteiger partial charge is 0.256 e. The second kappa shape index (κ2) is 8.91. The molecule has 0 aliphatic rings. The lowest BCUT2D eigenvalue weighted by Gasteiger charge is -2.20.